The third-order valence-corrected chi connectivity index (χ3v) is 7.34. The fraction of sp³-hybridized carbons (Fsp3) is 0.333. The van der Waals surface area contributed by atoms with Gasteiger partial charge in [-0.15, -0.1) is 23.5 Å². The third-order valence-electron chi connectivity index (χ3n) is 4.27. The van der Waals surface area contributed by atoms with E-state index in [0.29, 0.717) is 20.5 Å². The quantitative estimate of drug-likeness (QED) is 0.340. The van der Waals surface area contributed by atoms with Crippen LogP contribution in [0.5, 0.6) is 0 Å². The lowest BCUT2D eigenvalue weighted by Crippen LogP contribution is -2.70. The summed E-state index contributed by atoms with van der Waals surface area (Å²) in [6.07, 6.45) is 0. The van der Waals surface area contributed by atoms with Crippen molar-refractivity contribution in [1.29, 1.82) is 0 Å². The number of β-lactam (4-membered cyclic amide) rings is 1. The van der Waals surface area contributed by atoms with Crippen LogP contribution >= 0.6 is 46.7 Å². The average Bonchev–Trinajstić information content (AvgIpc) is 2.70. The van der Waals surface area contributed by atoms with Gasteiger partial charge >= 0.3 is 11.9 Å². The molecular formula is C18H16Cl2N2O6S2. The molecule has 2 heterocycles. The number of carboxylic acids is 1. The van der Waals surface area contributed by atoms with E-state index in [-0.39, 0.29) is 29.7 Å². The Labute approximate surface area is 190 Å². The molecule has 1 aromatic carbocycles. The van der Waals surface area contributed by atoms with Gasteiger partial charge < -0.3 is 15.2 Å². The number of hydrogen-bond donors (Lipinski definition) is 2. The molecule has 8 nitrogen and oxygen atoms in total. The van der Waals surface area contributed by atoms with Gasteiger partial charge in [-0.25, -0.2) is 4.79 Å². The number of halogens is 2. The molecule has 2 aliphatic heterocycles. The molecule has 1 aromatic rings. The third kappa shape index (κ3) is 4.88. The molecule has 0 saturated carbocycles. The predicted octanol–water partition coefficient (Wildman–Crippen LogP) is 2.39. The maximum atomic E-state index is 12.6. The summed E-state index contributed by atoms with van der Waals surface area (Å²) in [5, 5.41) is 12.6. The van der Waals surface area contributed by atoms with Crippen molar-refractivity contribution >= 4 is 70.5 Å². The van der Waals surface area contributed by atoms with Crippen molar-refractivity contribution in [3.63, 3.8) is 0 Å². The number of fused-ring (bicyclic) bond motifs is 1. The number of nitrogens with zero attached hydrogens (tertiary/aromatic N) is 1. The van der Waals surface area contributed by atoms with E-state index in [1.54, 1.807) is 18.2 Å². The van der Waals surface area contributed by atoms with Crippen LogP contribution in [-0.4, -0.2) is 63.3 Å². The largest absolute Gasteiger partial charge is 0.477 e. The van der Waals surface area contributed by atoms with Crippen molar-refractivity contribution in [2.75, 3.05) is 18.1 Å². The Kier molecular flexibility index (Phi) is 7.22. The van der Waals surface area contributed by atoms with Crippen molar-refractivity contribution in [2.24, 2.45) is 0 Å². The molecule has 0 aliphatic carbocycles. The van der Waals surface area contributed by atoms with Crippen LogP contribution < -0.4 is 5.32 Å². The van der Waals surface area contributed by atoms with E-state index in [4.69, 9.17) is 27.9 Å². The van der Waals surface area contributed by atoms with Gasteiger partial charge in [0.05, 0.1) is 10.8 Å². The highest BCUT2D eigenvalue weighted by atomic mass is 35.5. The zero-order valence-electron chi connectivity index (χ0n) is 15.5. The van der Waals surface area contributed by atoms with Gasteiger partial charge in [0.1, 0.15) is 23.7 Å². The fourth-order valence-electron chi connectivity index (χ4n) is 2.93. The monoisotopic (exact) mass is 490 g/mol. The lowest BCUT2D eigenvalue weighted by Gasteiger charge is -2.49. The molecule has 3 rings (SSSR count). The number of amides is 2. The van der Waals surface area contributed by atoms with Crippen LogP contribution in [-0.2, 0) is 23.9 Å². The second kappa shape index (κ2) is 9.51. The van der Waals surface area contributed by atoms with Crippen LogP contribution in [0.25, 0.3) is 0 Å². The molecule has 0 bridgehead atoms. The van der Waals surface area contributed by atoms with Gasteiger partial charge in [-0.3, -0.25) is 19.3 Å². The highest BCUT2D eigenvalue weighted by Gasteiger charge is 2.54. The first kappa shape index (κ1) is 22.8. The summed E-state index contributed by atoms with van der Waals surface area (Å²) in [4.78, 5) is 49.3. The first-order chi connectivity index (χ1) is 14.2. The summed E-state index contributed by atoms with van der Waals surface area (Å²) < 4.78 is 4.88. The average molecular weight is 491 g/mol. The number of carbonyl (C=O) groups excluding carboxylic acids is 3. The van der Waals surface area contributed by atoms with E-state index in [1.807, 2.05) is 0 Å². The van der Waals surface area contributed by atoms with Gasteiger partial charge in [0.2, 0.25) is 5.91 Å². The Hall–Kier alpha value is -1.88. The van der Waals surface area contributed by atoms with Crippen LogP contribution in [0.1, 0.15) is 6.92 Å². The van der Waals surface area contributed by atoms with Crippen molar-refractivity contribution < 1.29 is 29.0 Å². The SMILES string of the molecule is CC(=O)OCC1=C(C(=O)O)N2C(=O)C(NC(=O)CSc3cc(Cl)ccc3Cl)[C@@H]2SC1. The summed E-state index contributed by atoms with van der Waals surface area (Å²) in [6.45, 7) is 1.02. The number of aliphatic carboxylic acids is 1. The second-order valence-electron chi connectivity index (χ2n) is 6.36. The van der Waals surface area contributed by atoms with E-state index >= 15 is 0 Å². The Morgan fingerprint density at radius 1 is 1.37 bits per heavy atom. The van der Waals surface area contributed by atoms with Gasteiger partial charge in [-0.1, -0.05) is 23.2 Å². The number of nitrogens with one attached hydrogen (secondary N) is 1. The summed E-state index contributed by atoms with van der Waals surface area (Å²) in [5.74, 6) is -2.46. The number of benzene rings is 1. The van der Waals surface area contributed by atoms with Crippen LogP contribution in [0.15, 0.2) is 34.4 Å². The van der Waals surface area contributed by atoms with E-state index in [1.165, 1.54) is 30.4 Å². The molecular weight excluding hydrogens is 475 g/mol. The number of thioether (sulfide) groups is 2. The standard InChI is InChI=1S/C18H16Cl2N2O6S2/c1-8(23)28-5-9-6-30-17-14(16(25)22(17)15(9)18(26)27)21-13(24)7-29-12-4-10(19)2-3-11(12)20/h2-4,14,17H,5-7H2,1H3,(H,21,24)(H,26,27)/t14?,17-/m0/s1. The number of esters is 1. The van der Waals surface area contributed by atoms with Gasteiger partial charge in [0, 0.05) is 28.2 Å². The Balaban J connectivity index is 1.63. The van der Waals surface area contributed by atoms with Crippen molar-refractivity contribution in [1.82, 2.24) is 10.2 Å². The first-order valence-corrected chi connectivity index (χ1v) is 11.4. The molecule has 0 aromatic heterocycles. The smallest absolute Gasteiger partial charge is 0.352 e. The maximum absolute atomic E-state index is 12.6. The normalized spacial score (nSPS) is 20.4. The van der Waals surface area contributed by atoms with E-state index < -0.39 is 29.3 Å². The van der Waals surface area contributed by atoms with Crippen molar-refractivity contribution in [3.05, 3.63) is 39.5 Å². The van der Waals surface area contributed by atoms with Crippen LogP contribution in [0.2, 0.25) is 10.0 Å². The molecule has 2 aliphatic rings. The highest BCUT2D eigenvalue weighted by molar-refractivity contribution is 8.00. The number of carbonyl (C=O) groups is 4. The Morgan fingerprint density at radius 2 is 2.10 bits per heavy atom. The number of hydrogen-bond acceptors (Lipinski definition) is 7. The summed E-state index contributed by atoms with van der Waals surface area (Å²) in [6, 6.07) is 4.08. The number of ether oxygens (including phenoxy) is 1. The summed E-state index contributed by atoms with van der Waals surface area (Å²) >= 11 is 14.5. The zero-order chi connectivity index (χ0) is 22.0. The molecule has 2 atom stereocenters. The molecule has 1 unspecified atom stereocenters. The fourth-order valence-corrected chi connectivity index (χ4v) is 5.56. The molecule has 30 heavy (non-hydrogen) atoms. The minimum atomic E-state index is -1.29. The lowest BCUT2D eigenvalue weighted by molar-refractivity contribution is -0.150. The van der Waals surface area contributed by atoms with Crippen molar-refractivity contribution in [3.8, 4) is 0 Å². The predicted molar refractivity (Wildman–Crippen MR) is 114 cm³/mol. The van der Waals surface area contributed by atoms with E-state index in [9.17, 15) is 24.3 Å². The van der Waals surface area contributed by atoms with Gasteiger partial charge in [-0.2, -0.15) is 0 Å². The van der Waals surface area contributed by atoms with E-state index in [0.717, 1.165) is 4.90 Å². The molecule has 160 valence electrons. The molecule has 2 amide bonds. The molecule has 2 N–H and O–H groups in total. The second-order valence-corrected chi connectivity index (χ2v) is 9.32. The summed E-state index contributed by atoms with van der Waals surface area (Å²) in [7, 11) is 0. The molecule has 1 fully saturated rings. The summed E-state index contributed by atoms with van der Waals surface area (Å²) in [5.41, 5.74) is 0.138. The number of carboxylic acid groups (broad SMARTS) is 1. The Morgan fingerprint density at radius 3 is 2.77 bits per heavy atom. The molecule has 0 radical (unpaired) electrons. The highest BCUT2D eigenvalue weighted by Crippen LogP contribution is 2.40. The van der Waals surface area contributed by atoms with Crippen LogP contribution in [0.3, 0.4) is 0 Å². The Bertz CT molecular complexity index is 955. The minimum absolute atomic E-state index is 0.0144. The van der Waals surface area contributed by atoms with Crippen LogP contribution in [0.4, 0.5) is 0 Å². The van der Waals surface area contributed by atoms with Gasteiger partial charge in [-0.05, 0) is 18.2 Å². The van der Waals surface area contributed by atoms with Crippen molar-refractivity contribution in [2.45, 2.75) is 23.2 Å². The lowest BCUT2D eigenvalue weighted by atomic mass is 10.0. The molecule has 1 saturated heterocycles. The van der Waals surface area contributed by atoms with E-state index in [2.05, 4.69) is 5.32 Å². The van der Waals surface area contributed by atoms with Gasteiger partial charge in [0.15, 0.2) is 0 Å². The molecule has 12 heteroatoms. The van der Waals surface area contributed by atoms with Crippen LogP contribution in [0, 0.1) is 0 Å². The first-order valence-electron chi connectivity index (χ1n) is 8.59. The topological polar surface area (TPSA) is 113 Å². The molecule has 0 spiro atoms. The maximum Gasteiger partial charge on any atom is 0.352 e. The minimum Gasteiger partial charge on any atom is -0.477 e. The number of rotatable bonds is 7. The van der Waals surface area contributed by atoms with Gasteiger partial charge in [0.25, 0.3) is 5.91 Å². The zero-order valence-corrected chi connectivity index (χ0v) is 18.7.